The van der Waals surface area contributed by atoms with Crippen molar-refractivity contribution in [2.75, 3.05) is 0 Å². The van der Waals surface area contributed by atoms with Crippen molar-refractivity contribution in [3.05, 3.63) is 272 Å². The van der Waals surface area contributed by atoms with Crippen LogP contribution in [0.5, 0.6) is 0 Å². The molecule has 7 heteroatoms. The van der Waals surface area contributed by atoms with Crippen LogP contribution in [0.3, 0.4) is 0 Å². The van der Waals surface area contributed by atoms with Gasteiger partial charge in [-0.3, -0.25) is 0 Å². The number of nitriles is 2. The first-order chi connectivity index (χ1) is 39.1. The van der Waals surface area contributed by atoms with Crippen LogP contribution in [-0.2, 0) is 0 Å². The normalized spacial score (nSPS) is 11.5. The van der Waals surface area contributed by atoms with E-state index in [1.807, 2.05) is 60.7 Å². The summed E-state index contributed by atoms with van der Waals surface area (Å²) in [6.45, 7) is 0. The molecule has 0 saturated carbocycles. The Morgan fingerprint density at radius 3 is 1.09 bits per heavy atom. The molecule has 15 aromatic rings. The summed E-state index contributed by atoms with van der Waals surface area (Å²) in [6.07, 6.45) is 0. The van der Waals surface area contributed by atoms with Gasteiger partial charge < -0.3 is 13.7 Å². The third-order valence-corrected chi connectivity index (χ3v) is 15.5. The lowest BCUT2D eigenvalue weighted by Gasteiger charge is -2.24. The van der Waals surface area contributed by atoms with E-state index in [-0.39, 0.29) is 0 Å². The molecular formula is C72H43N7. The highest BCUT2D eigenvalue weighted by Gasteiger charge is 2.27. The summed E-state index contributed by atoms with van der Waals surface area (Å²) in [7, 11) is 0. The van der Waals surface area contributed by atoms with Crippen LogP contribution in [0.1, 0.15) is 11.1 Å². The molecule has 366 valence electrons. The zero-order chi connectivity index (χ0) is 52.6. The van der Waals surface area contributed by atoms with Crippen molar-refractivity contribution >= 4 is 65.4 Å². The van der Waals surface area contributed by atoms with E-state index in [0.717, 1.165) is 133 Å². The lowest BCUT2D eigenvalue weighted by Crippen LogP contribution is -2.06. The zero-order valence-electron chi connectivity index (χ0n) is 42.5. The van der Waals surface area contributed by atoms with Gasteiger partial charge in [-0.15, -0.1) is 0 Å². The average molecular weight is 1010 g/mol. The molecule has 0 amide bonds. The number of nitrogens with zero attached hydrogens (tertiary/aromatic N) is 7. The Hall–Kier alpha value is -11.1. The van der Waals surface area contributed by atoms with Gasteiger partial charge in [-0.25, -0.2) is 9.97 Å². The molecular weight excluding hydrogens is 963 g/mol. The molecule has 0 N–H and O–H groups in total. The van der Waals surface area contributed by atoms with Gasteiger partial charge in [0, 0.05) is 71.3 Å². The van der Waals surface area contributed by atoms with E-state index < -0.39 is 0 Å². The standard InChI is InChI=1S/C72H43N7/c73-44-46-35-37-69-57(39-46)58-40-47(45-74)36-38-70(58)79(69)71-59(55-27-11-17-33-67(55)77-63-29-13-7-23-51(63)52-24-8-14-30-64(52)77)41-50(62-43-61(48-19-3-1-4-20-48)75-72(76-62)49-21-5-2-6-22-49)42-60(71)56-28-12-18-34-68(56)78-65-31-15-9-25-53(65)54-26-10-16-32-66(54)78/h1-43H. The molecule has 0 atom stereocenters. The fourth-order valence-electron chi connectivity index (χ4n) is 12.1. The summed E-state index contributed by atoms with van der Waals surface area (Å²) < 4.78 is 7.16. The second kappa shape index (κ2) is 18.3. The second-order valence-electron chi connectivity index (χ2n) is 19.9. The van der Waals surface area contributed by atoms with Crippen molar-refractivity contribution in [1.82, 2.24) is 23.7 Å². The lowest BCUT2D eigenvalue weighted by atomic mass is 9.90. The van der Waals surface area contributed by atoms with E-state index in [1.54, 1.807) is 0 Å². The van der Waals surface area contributed by atoms with E-state index in [2.05, 4.69) is 226 Å². The Labute approximate surface area is 454 Å². The van der Waals surface area contributed by atoms with Gasteiger partial charge >= 0.3 is 0 Å². The smallest absolute Gasteiger partial charge is 0.160 e. The Kier molecular flexibility index (Phi) is 10.5. The highest BCUT2D eigenvalue weighted by Crippen LogP contribution is 2.48. The third-order valence-electron chi connectivity index (χ3n) is 15.5. The molecule has 11 aromatic carbocycles. The van der Waals surface area contributed by atoms with Crippen LogP contribution in [0.15, 0.2) is 261 Å². The topological polar surface area (TPSA) is 88.2 Å². The van der Waals surface area contributed by atoms with E-state index in [1.165, 1.54) is 0 Å². The average Bonchev–Trinajstić information content (AvgIpc) is 4.36. The van der Waals surface area contributed by atoms with Gasteiger partial charge in [-0.05, 0) is 91.0 Å². The van der Waals surface area contributed by atoms with Crippen molar-refractivity contribution in [3.63, 3.8) is 0 Å². The molecule has 0 aliphatic rings. The Morgan fingerprint density at radius 1 is 0.278 bits per heavy atom. The van der Waals surface area contributed by atoms with Crippen LogP contribution in [0.2, 0.25) is 0 Å². The summed E-state index contributed by atoms with van der Waals surface area (Å²) in [4.78, 5) is 10.8. The van der Waals surface area contributed by atoms with Crippen LogP contribution in [-0.4, -0.2) is 23.7 Å². The molecule has 0 spiro atoms. The van der Waals surface area contributed by atoms with Crippen LogP contribution in [0, 0.1) is 22.7 Å². The van der Waals surface area contributed by atoms with E-state index in [9.17, 15) is 10.5 Å². The molecule has 4 heterocycles. The summed E-state index contributed by atoms with van der Waals surface area (Å²) in [5, 5.41) is 27.2. The molecule has 0 fully saturated rings. The van der Waals surface area contributed by atoms with Crippen LogP contribution < -0.4 is 0 Å². The first-order valence-corrected chi connectivity index (χ1v) is 26.3. The molecule has 0 unspecified atom stereocenters. The number of rotatable bonds is 8. The number of hydrogen-bond acceptors (Lipinski definition) is 4. The molecule has 0 saturated heterocycles. The Balaban J connectivity index is 1.15. The Bertz CT molecular complexity index is 4630. The van der Waals surface area contributed by atoms with Crippen molar-refractivity contribution in [1.29, 1.82) is 10.5 Å². The van der Waals surface area contributed by atoms with Crippen molar-refractivity contribution in [3.8, 4) is 85.4 Å². The molecule has 79 heavy (non-hydrogen) atoms. The maximum absolute atomic E-state index is 10.4. The molecule has 4 aromatic heterocycles. The van der Waals surface area contributed by atoms with Gasteiger partial charge in [0.15, 0.2) is 5.82 Å². The van der Waals surface area contributed by atoms with Crippen LogP contribution >= 0.6 is 0 Å². The molecule has 15 rings (SSSR count). The molecule has 0 aliphatic carbocycles. The molecule has 7 nitrogen and oxygen atoms in total. The summed E-state index contributed by atoms with van der Waals surface area (Å²) >= 11 is 0. The first-order valence-electron chi connectivity index (χ1n) is 26.3. The second-order valence-corrected chi connectivity index (χ2v) is 19.9. The van der Waals surface area contributed by atoms with Gasteiger partial charge in [-0.2, -0.15) is 10.5 Å². The van der Waals surface area contributed by atoms with Crippen molar-refractivity contribution < 1.29 is 0 Å². The van der Waals surface area contributed by atoms with Gasteiger partial charge in [0.25, 0.3) is 0 Å². The fourth-order valence-corrected chi connectivity index (χ4v) is 12.1. The van der Waals surface area contributed by atoms with Gasteiger partial charge in [0.05, 0.1) is 84.8 Å². The quantitative estimate of drug-likeness (QED) is 0.152. The minimum absolute atomic E-state index is 0.533. The monoisotopic (exact) mass is 1010 g/mol. The predicted octanol–water partition coefficient (Wildman–Crippen LogP) is 17.8. The molecule has 0 bridgehead atoms. The SMILES string of the molecule is N#Cc1ccc2c(c1)c1cc(C#N)ccc1n2-c1c(-c2ccccc2-n2c3ccccc3c3ccccc32)cc(-c2cc(-c3ccccc3)nc(-c3ccccc3)n2)cc1-c1ccccc1-n1c2ccccc2c2ccccc21. The van der Waals surface area contributed by atoms with Crippen molar-refractivity contribution in [2.24, 2.45) is 0 Å². The van der Waals surface area contributed by atoms with E-state index in [4.69, 9.17) is 9.97 Å². The highest BCUT2D eigenvalue weighted by atomic mass is 15.0. The highest BCUT2D eigenvalue weighted by molar-refractivity contribution is 6.14. The summed E-state index contributed by atoms with van der Waals surface area (Å²) in [6, 6.07) is 95.9. The lowest BCUT2D eigenvalue weighted by molar-refractivity contribution is 1.15. The minimum Gasteiger partial charge on any atom is -0.309 e. The molecule has 0 aliphatic heterocycles. The maximum Gasteiger partial charge on any atom is 0.160 e. The van der Waals surface area contributed by atoms with Gasteiger partial charge in [-0.1, -0.05) is 170 Å². The molecule has 0 radical (unpaired) electrons. The van der Waals surface area contributed by atoms with E-state index >= 15 is 0 Å². The number of hydrogen-bond donors (Lipinski definition) is 0. The maximum atomic E-state index is 10.4. The minimum atomic E-state index is 0.533. The third kappa shape index (κ3) is 7.26. The van der Waals surface area contributed by atoms with Crippen molar-refractivity contribution in [2.45, 2.75) is 0 Å². The fraction of sp³-hybridized carbons (Fsp3) is 0. The predicted molar refractivity (Wildman–Crippen MR) is 322 cm³/mol. The largest absolute Gasteiger partial charge is 0.309 e. The zero-order valence-corrected chi connectivity index (χ0v) is 42.5. The number of para-hydroxylation sites is 6. The number of aromatic nitrogens is 5. The summed E-state index contributed by atoms with van der Waals surface area (Å²) in [5.41, 5.74) is 18.3. The number of fused-ring (bicyclic) bond motifs is 9. The first kappa shape index (κ1) is 45.3. The Morgan fingerprint density at radius 2 is 0.646 bits per heavy atom. The number of benzene rings is 11. The summed E-state index contributed by atoms with van der Waals surface area (Å²) in [5.74, 6) is 0.615. The van der Waals surface area contributed by atoms with Crippen LogP contribution in [0.4, 0.5) is 0 Å². The van der Waals surface area contributed by atoms with E-state index in [0.29, 0.717) is 17.0 Å². The van der Waals surface area contributed by atoms with Gasteiger partial charge in [0.2, 0.25) is 0 Å². The van der Waals surface area contributed by atoms with Crippen LogP contribution in [0.25, 0.3) is 139 Å². The van der Waals surface area contributed by atoms with Gasteiger partial charge in [0.1, 0.15) is 0 Å².